The zero-order valence-electron chi connectivity index (χ0n) is 17.7. The van der Waals surface area contributed by atoms with Gasteiger partial charge in [-0.25, -0.2) is 17.5 Å². The number of ether oxygens (including phenoxy) is 3. The van der Waals surface area contributed by atoms with Crippen molar-refractivity contribution in [2.45, 2.75) is 4.90 Å². The molecule has 0 fully saturated rings. The molecule has 2 aromatic carbocycles. The lowest BCUT2D eigenvalue weighted by Gasteiger charge is -2.10. The fourth-order valence-electron chi connectivity index (χ4n) is 3.07. The molecule has 0 saturated carbocycles. The summed E-state index contributed by atoms with van der Waals surface area (Å²) in [4.78, 5) is -0.424. The number of halogens is 1. The fraction of sp³-hybridized carbons (Fsp3) is 0.190. The van der Waals surface area contributed by atoms with Crippen molar-refractivity contribution in [3.05, 3.63) is 60.4 Å². The van der Waals surface area contributed by atoms with Crippen LogP contribution in [0, 0.1) is 5.82 Å². The van der Waals surface area contributed by atoms with E-state index in [-0.39, 0.29) is 19.0 Å². The van der Waals surface area contributed by atoms with Gasteiger partial charge < -0.3 is 14.2 Å². The van der Waals surface area contributed by atoms with Gasteiger partial charge in [0.2, 0.25) is 15.9 Å². The molecule has 0 spiro atoms. The van der Waals surface area contributed by atoms with E-state index in [2.05, 4.69) is 20.0 Å². The van der Waals surface area contributed by atoms with Crippen LogP contribution in [0.5, 0.6) is 17.4 Å². The minimum Gasteiger partial charge on any atom is -0.497 e. The second-order valence-corrected chi connectivity index (χ2v) is 8.44. The van der Waals surface area contributed by atoms with Crippen LogP contribution in [0.1, 0.15) is 0 Å². The van der Waals surface area contributed by atoms with Crippen molar-refractivity contribution < 1.29 is 27.0 Å². The number of hydrogen-bond acceptors (Lipinski definition) is 8. The smallest absolute Gasteiger partial charge is 0.243 e. The minimum absolute atomic E-state index is 0.0322. The van der Waals surface area contributed by atoms with E-state index in [0.717, 1.165) is 6.07 Å². The van der Waals surface area contributed by atoms with Crippen molar-refractivity contribution in [3.63, 3.8) is 0 Å². The number of methoxy groups -OCH3 is 2. The van der Waals surface area contributed by atoms with Crippen molar-refractivity contribution in [1.29, 1.82) is 0 Å². The molecule has 172 valence electrons. The Morgan fingerprint density at radius 3 is 2.61 bits per heavy atom. The fourth-order valence-corrected chi connectivity index (χ4v) is 4.16. The van der Waals surface area contributed by atoms with Gasteiger partial charge in [0.25, 0.3) is 0 Å². The summed E-state index contributed by atoms with van der Waals surface area (Å²) in [6, 6.07) is 13.7. The molecule has 0 amide bonds. The van der Waals surface area contributed by atoms with Crippen molar-refractivity contribution in [2.75, 3.05) is 27.4 Å². The molecule has 4 rings (SSSR count). The van der Waals surface area contributed by atoms with Crippen molar-refractivity contribution >= 4 is 15.7 Å². The monoisotopic (exact) mass is 473 g/mol. The molecule has 0 aliphatic rings. The highest BCUT2D eigenvalue weighted by atomic mass is 32.2. The average molecular weight is 473 g/mol. The third-order valence-corrected chi connectivity index (χ3v) is 6.15. The highest BCUT2D eigenvalue weighted by Crippen LogP contribution is 2.32. The van der Waals surface area contributed by atoms with Crippen LogP contribution in [0.2, 0.25) is 0 Å². The largest absolute Gasteiger partial charge is 0.497 e. The molecule has 0 aliphatic heterocycles. The third-order valence-electron chi connectivity index (χ3n) is 4.66. The maximum absolute atomic E-state index is 13.8. The van der Waals surface area contributed by atoms with Gasteiger partial charge >= 0.3 is 0 Å². The maximum Gasteiger partial charge on any atom is 0.243 e. The molecule has 0 atom stereocenters. The van der Waals surface area contributed by atoms with Crippen LogP contribution in [-0.2, 0) is 10.0 Å². The van der Waals surface area contributed by atoms with Gasteiger partial charge in [0.05, 0.1) is 19.8 Å². The predicted molar refractivity (Wildman–Crippen MR) is 116 cm³/mol. The molecule has 0 bridgehead atoms. The van der Waals surface area contributed by atoms with Gasteiger partial charge in [0.15, 0.2) is 11.5 Å². The van der Waals surface area contributed by atoms with E-state index in [9.17, 15) is 12.8 Å². The summed E-state index contributed by atoms with van der Waals surface area (Å²) >= 11 is 0. The molecule has 4 aromatic rings. The van der Waals surface area contributed by atoms with Crippen LogP contribution < -0.4 is 18.9 Å². The Morgan fingerprint density at radius 2 is 1.85 bits per heavy atom. The Hall–Kier alpha value is -3.77. The number of rotatable bonds is 9. The second kappa shape index (κ2) is 9.38. The first-order chi connectivity index (χ1) is 15.9. The molecule has 1 N–H and O–H groups in total. The molecule has 33 heavy (non-hydrogen) atoms. The zero-order valence-corrected chi connectivity index (χ0v) is 18.5. The number of aromatic nitrogens is 4. The highest BCUT2D eigenvalue weighted by Gasteiger charge is 2.18. The highest BCUT2D eigenvalue weighted by molar-refractivity contribution is 7.89. The first-order valence-corrected chi connectivity index (χ1v) is 11.2. The predicted octanol–water partition coefficient (Wildman–Crippen LogP) is 2.30. The van der Waals surface area contributed by atoms with Gasteiger partial charge in [0, 0.05) is 18.7 Å². The average Bonchev–Trinajstić information content (AvgIpc) is 3.24. The summed E-state index contributed by atoms with van der Waals surface area (Å²) in [5.41, 5.74) is 1.13. The zero-order chi connectivity index (χ0) is 23.4. The summed E-state index contributed by atoms with van der Waals surface area (Å²) in [7, 11) is -0.910. The molecule has 0 radical (unpaired) electrons. The van der Waals surface area contributed by atoms with Crippen LogP contribution in [0.3, 0.4) is 0 Å². The van der Waals surface area contributed by atoms with Gasteiger partial charge in [-0.1, -0.05) is 12.1 Å². The van der Waals surface area contributed by atoms with Crippen molar-refractivity contribution in [2.24, 2.45) is 0 Å². The van der Waals surface area contributed by atoms with Crippen molar-refractivity contribution in [1.82, 2.24) is 24.5 Å². The number of fused-ring (bicyclic) bond motifs is 1. The summed E-state index contributed by atoms with van der Waals surface area (Å²) < 4.78 is 58.3. The topological polar surface area (TPSA) is 117 Å². The van der Waals surface area contributed by atoms with E-state index < -0.39 is 20.7 Å². The van der Waals surface area contributed by atoms with Gasteiger partial charge in [-0.15, -0.1) is 15.3 Å². The number of benzene rings is 2. The Bertz CT molecular complexity index is 1390. The number of nitrogens with one attached hydrogen (secondary N) is 1. The van der Waals surface area contributed by atoms with Crippen LogP contribution >= 0.6 is 0 Å². The van der Waals surface area contributed by atoms with E-state index in [1.807, 2.05) is 0 Å². The summed E-state index contributed by atoms with van der Waals surface area (Å²) in [5, 5.41) is 12.7. The Balaban J connectivity index is 1.49. The minimum atomic E-state index is -4.00. The van der Waals surface area contributed by atoms with Gasteiger partial charge in [-0.3, -0.25) is 0 Å². The van der Waals surface area contributed by atoms with Crippen LogP contribution in [0.15, 0.2) is 59.5 Å². The number of sulfonamides is 1. The molecule has 0 unspecified atom stereocenters. The van der Waals surface area contributed by atoms with E-state index in [0.29, 0.717) is 28.5 Å². The van der Waals surface area contributed by atoms with Gasteiger partial charge in [-0.2, -0.15) is 4.52 Å². The van der Waals surface area contributed by atoms with E-state index in [1.54, 1.807) is 37.4 Å². The van der Waals surface area contributed by atoms with Crippen LogP contribution in [0.25, 0.3) is 17.0 Å². The Labute approximate surface area is 189 Å². The van der Waals surface area contributed by atoms with Crippen molar-refractivity contribution in [3.8, 4) is 28.8 Å². The standard InChI is InChI=1S/C21H20FN5O5S/c1-30-14-7-8-15(17(13-14)31-2)21-25-24-19-9-10-20(26-27(19)21)32-12-11-23-33(28,29)18-6-4-3-5-16(18)22/h3-10,13,23H,11-12H2,1-2H3. The lowest BCUT2D eigenvalue weighted by Crippen LogP contribution is -2.29. The lowest BCUT2D eigenvalue weighted by atomic mass is 10.2. The van der Waals surface area contributed by atoms with E-state index >= 15 is 0 Å². The van der Waals surface area contributed by atoms with Gasteiger partial charge in [-0.05, 0) is 30.3 Å². The van der Waals surface area contributed by atoms with E-state index in [4.69, 9.17) is 14.2 Å². The van der Waals surface area contributed by atoms with Crippen LogP contribution in [0.4, 0.5) is 4.39 Å². The lowest BCUT2D eigenvalue weighted by molar-refractivity contribution is 0.305. The summed E-state index contributed by atoms with van der Waals surface area (Å²) in [5.74, 6) is 0.974. The maximum atomic E-state index is 13.8. The third kappa shape index (κ3) is 4.71. The first-order valence-electron chi connectivity index (χ1n) is 9.75. The molecular formula is C21H20FN5O5S. The summed E-state index contributed by atoms with van der Waals surface area (Å²) in [6.45, 7) is -0.118. The quantitative estimate of drug-likeness (QED) is 0.368. The summed E-state index contributed by atoms with van der Waals surface area (Å²) in [6.07, 6.45) is 0. The number of hydrogen-bond donors (Lipinski definition) is 1. The Morgan fingerprint density at radius 1 is 1.03 bits per heavy atom. The van der Waals surface area contributed by atoms with Crippen LogP contribution in [-0.4, -0.2) is 55.6 Å². The molecule has 2 aromatic heterocycles. The van der Waals surface area contributed by atoms with Gasteiger partial charge in [0.1, 0.15) is 28.8 Å². The molecule has 10 nitrogen and oxygen atoms in total. The SMILES string of the molecule is COc1ccc(-c2nnc3ccc(OCCNS(=O)(=O)c4ccccc4F)nn23)c(OC)c1. The molecule has 0 saturated heterocycles. The molecular weight excluding hydrogens is 453 g/mol. The first kappa shape index (κ1) is 22.4. The van der Waals surface area contributed by atoms with E-state index in [1.165, 1.54) is 29.8 Å². The molecule has 2 heterocycles. The Kier molecular flexibility index (Phi) is 6.38. The molecule has 12 heteroatoms. The molecule has 0 aliphatic carbocycles. The normalized spacial score (nSPS) is 11.5. The second-order valence-electron chi connectivity index (χ2n) is 6.71. The number of nitrogens with zero attached hydrogens (tertiary/aromatic N) is 4.